The van der Waals surface area contributed by atoms with Gasteiger partial charge in [0, 0.05) is 23.6 Å². The summed E-state index contributed by atoms with van der Waals surface area (Å²) in [6.45, 7) is 2.23. The summed E-state index contributed by atoms with van der Waals surface area (Å²) in [4.78, 5) is 16.8. The minimum absolute atomic E-state index is 0.264. The van der Waals surface area contributed by atoms with E-state index < -0.39 is 0 Å². The van der Waals surface area contributed by atoms with Gasteiger partial charge in [-0.2, -0.15) is 9.36 Å². The van der Waals surface area contributed by atoms with Crippen molar-refractivity contribution in [2.75, 3.05) is 7.11 Å². The van der Waals surface area contributed by atoms with Gasteiger partial charge in [-0.05, 0) is 53.2 Å². The van der Waals surface area contributed by atoms with Crippen LogP contribution in [-0.2, 0) is 13.7 Å². The lowest BCUT2D eigenvalue weighted by Crippen LogP contribution is -2.23. The van der Waals surface area contributed by atoms with Crippen LogP contribution in [0.25, 0.3) is 16.9 Å². The van der Waals surface area contributed by atoms with Crippen LogP contribution in [0.4, 0.5) is 0 Å². The molecule has 4 rings (SSSR count). The second-order valence-corrected chi connectivity index (χ2v) is 7.21. The molecular weight excluding hydrogens is 390 g/mol. The van der Waals surface area contributed by atoms with E-state index in [4.69, 9.17) is 9.47 Å². The molecule has 0 bridgehead atoms. The Morgan fingerprint density at radius 3 is 2.59 bits per heavy atom. The van der Waals surface area contributed by atoms with Gasteiger partial charge in [-0.3, -0.25) is 0 Å². The number of aryl methyl sites for hydroxylation is 2. The number of ether oxygens (including phenoxy) is 2. The van der Waals surface area contributed by atoms with Crippen molar-refractivity contribution in [1.82, 2.24) is 24.8 Å². The standard InChI is InChI=1S/C20H19N5O3S/c1-13-5-4-6-18(25-20(26)24(2)22-23-25)16(13)11-28-19-21-17(12-29-19)14-7-9-15(27-3)10-8-14/h4-10,12H,11H2,1-3H3. The summed E-state index contributed by atoms with van der Waals surface area (Å²) in [7, 11) is 3.20. The van der Waals surface area contributed by atoms with Gasteiger partial charge in [-0.1, -0.05) is 23.5 Å². The van der Waals surface area contributed by atoms with Gasteiger partial charge in [0.1, 0.15) is 12.4 Å². The molecule has 4 aromatic rings. The molecule has 0 amide bonds. The molecule has 2 aromatic heterocycles. The number of hydrogen-bond donors (Lipinski definition) is 0. The van der Waals surface area contributed by atoms with E-state index >= 15 is 0 Å². The van der Waals surface area contributed by atoms with Crippen LogP contribution in [-0.4, -0.2) is 31.9 Å². The number of rotatable bonds is 6. The fraction of sp³-hybridized carbons (Fsp3) is 0.200. The number of benzene rings is 2. The Kier molecular flexibility index (Phi) is 5.13. The largest absolute Gasteiger partial charge is 0.497 e. The molecule has 0 aliphatic rings. The van der Waals surface area contributed by atoms with Crippen LogP contribution in [0, 0.1) is 6.92 Å². The van der Waals surface area contributed by atoms with Crippen molar-refractivity contribution in [1.29, 1.82) is 0 Å². The highest BCUT2D eigenvalue weighted by atomic mass is 32.1. The second-order valence-electron chi connectivity index (χ2n) is 6.39. The summed E-state index contributed by atoms with van der Waals surface area (Å²) in [6, 6.07) is 13.4. The van der Waals surface area contributed by atoms with Gasteiger partial charge in [-0.25, -0.2) is 9.78 Å². The topological polar surface area (TPSA) is 84.1 Å². The SMILES string of the molecule is COc1ccc(-c2csc(OCc3c(C)cccc3-n3nnn(C)c3=O)n2)cc1. The van der Waals surface area contributed by atoms with Gasteiger partial charge < -0.3 is 9.47 Å². The lowest BCUT2D eigenvalue weighted by Gasteiger charge is -2.11. The molecule has 148 valence electrons. The van der Waals surface area contributed by atoms with Crippen molar-refractivity contribution in [3.05, 3.63) is 69.5 Å². The Labute approximate surface area is 171 Å². The van der Waals surface area contributed by atoms with E-state index in [1.807, 2.05) is 54.8 Å². The maximum Gasteiger partial charge on any atom is 0.368 e. The Morgan fingerprint density at radius 1 is 1.10 bits per heavy atom. The molecule has 0 aliphatic carbocycles. The van der Waals surface area contributed by atoms with Gasteiger partial charge in [0.2, 0.25) is 0 Å². The molecule has 0 aliphatic heterocycles. The second kappa shape index (κ2) is 7.88. The highest BCUT2D eigenvalue weighted by Crippen LogP contribution is 2.29. The van der Waals surface area contributed by atoms with Gasteiger partial charge in [0.05, 0.1) is 18.5 Å². The zero-order valence-corrected chi connectivity index (χ0v) is 17.0. The lowest BCUT2D eigenvalue weighted by atomic mass is 10.1. The number of hydrogen-bond acceptors (Lipinski definition) is 7. The molecule has 0 saturated heterocycles. The zero-order valence-electron chi connectivity index (χ0n) is 16.2. The molecule has 9 heteroatoms. The predicted octanol–water partition coefficient (Wildman–Crippen LogP) is 2.99. The van der Waals surface area contributed by atoms with Crippen LogP contribution in [0.15, 0.2) is 52.6 Å². The molecule has 0 unspecified atom stereocenters. The lowest BCUT2D eigenvalue weighted by molar-refractivity contribution is 0.303. The van der Waals surface area contributed by atoms with Gasteiger partial charge >= 0.3 is 5.69 Å². The Balaban J connectivity index is 1.56. The van der Waals surface area contributed by atoms with Gasteiger partial charge in [-0.15, -0.1) is 0 Å². The first kappa shape index (κ1) is 18.9. The number of methoxy groups -OCH3 is 1. The smallest absolute Gasteiger partial charge is 0.368 e. The maximum atomic E-state index is 12.3. The summed E-state index contributed by atoms with van der Waals surface area (Å²) in [5.41, 5.74) is 4.01. The van der Waals surface area contributed by atoms with Crippen molar-refractivity contribution in [2.45, 2.75) is 13.5 Å². The van der Waals surface area contributed by atoms with E-state index in [0.29, 0.717) is 10.9 Å². The van der Waals surface area contributed by atoms with Gasteiger partial charge in [0.25, 0.3) is 5.19 Å². The first-order chi connectivity index (χ1) is 14.1. The van der Waals surface area contributed by atoms with Crippen LogP contribution < -0.4 is 15.2 Å². The third-order valence-electron chi connectivity index (χ3n) is 4.54. The molecule has 2 heterocycles. The van der Waals surface area contributed by atoms with Gasteiger partial charge in [0.15, 0.2) is 0 Å². The van der Waals surface area contributed by atoms with Crippen LogP contribution in [0.5, 0.6) is 10.9 Å². The van der Waals surface area contributed by atoms with E-state index in [9.17, 15) is 4.79 Å². The number of aromatic nitrogens is 5. The Morgan fingerprint density at radius 2 is 1.90 bits per heavy atom. The molecule has 2 aromatic carbocycles. The third-order valence-corrected chi connectivity index (χ3v) is 5.30. The number of nitrogens with zero attached hydrogens (tertiary/aromatic N) is 5. The van der Waals surface area contributed by atoms with E-state index in [-0.39, 0.29) is 12.3 Å². The highest BCUT2D eigenvalue weighted by molar-refractivity contribution is 7.11. The number of thiazole rings is 1. The van der Waals surface area contributed by atoms with Crippen molar-refractivity contribution in [3.8, 4) is 27.9 Å². The molecule has 0 spiro atoms. The van der Waals surface area contributed by atoms with E-state index in [1.54, 1.807) is 14.2 Å². The molecule has 8 nitrogen and oxygen atoms in total. The summed E-state index contributed by atoms with van der Waals surface area (Å²) in [5, 5.41) is 10.2. The molecule has 29 heavy (non-hydrogen) atoms. The summed E-state index contributed by atoms with van der Waals surface area (Å²) in [5.74, 6) is 0.798. The minimum atomic E-state index is -0.312. The van der Waals surface area contributed by atoms with Crippen LogP contribution in [0.2, 0.25) is 0 Å². The molecule has 0 fully saturated rings. The van der Waals surface area contributed by atoms with E-state index in [1.165, 1.54) is 20.7 Å². The zero-order chi connectivity index (χ0) is 20.4. The van der Waals surface area contributed by atoms with Crippen molar-refractivity contribution >= 4 is 11.3 Å². The first-order valence-corrected chi connectivity index (χ1v) is 9.75. The minimum Gasteiger partial charge on any atom is -0.497 e. The molecular formula is C20H19N5O3S. The molecule has 0 N–H and O–H groups in total. The highest BCUT2D eigenvalue weighted by Gasteiger charge is 2.14. The Bertz CT molecular complexity index is 1190. The van der Waals surface area contributed by atoms with Crippen molar-refractivity contribution < 1.29 is 9.47 Å². The number of tetrazole rings is 1. The molecule has 0 radical (unpaired) electrons. The normalized spacial score (nSPS) is 10.9. The quantitative estimate of drug-likeness (QED) is 0.487. The van der Waals surface area contributed by atoms with E-state index in [2.05, 4.69) is 15.4 Å². The maximum absolute atomic E-state index is 12.3. The average Bonchev–Trinajstić information content (AvgIpc) is 3.34. The average molecular weight is 409 g/mol. The van der Waals surface area contributed by atoms with Crippen LogP contribution in [0.1, 0.15) is 11.1 Å². The van der Waals surface area contributed by atoms with Crippen molar-refractivity contribution in [2.24, 2.45) is 7.05 Å². The molecule has 0 atom stereocenters. The van der Waals surface area contributed by atoms with Crippen molar-refractivity contribution in [3.63, 3.8) is 0 Å². The van der Waals surface area contributed by atoms with Crippen LogP contribution in [0.3, 0.4) is 0 Å². The summed E-state index contributed by atoms with van der Waals surface area (Å²) >= 11 is 1.42. The third kappa shape index (κ3) is 3.77. The fourth-order valence-electron chi connectivity index (χ4n) is 2.89. The van der Waals surface area contributed by atoms with Crippen LogP contribution >= 0.6 is 11.3 Å². The molecule has 0 saturated carbocycles. The predicted molar refractivity (Wildman–Crippen MR) is 110 cm³/mol. The summed E-state index contributed by atoms with van der Waals surface area (Å²) < 4.78 is 13.6. The first-order valence-electron chi connectivity index (χ1n) is 8.87. The Hall–Kier alpha value is -3.46. The van der Waals surface area contributed by atoms with E-state index in [0.717, 1.165) is 28.1 Å². The monoisotopic (exact) mass is 409 g/mol. The summed E-state index contributed by atoms with van der Waals surface area (Å²) in [6.07, 6.45) is 0. The fourth-order valence-corrected chi connectivity index (χ4v) is 3.57.